The second-order valence-electron chi connectivity index (χ2n) is 7.51. The molecule has 0 unspecified atom stereocenters. The Morgan fingerprint density at radius 3 is 2.92 bits per heavy atom. The van der Waals surface area contributed by atoms with Crippen LogP contribution in [0.5, 0.6) is 0 Å². The number of hydrogen-bond donors (Lipinski definition) is 1. The van der Waals surface area contributed by atoms with Crippen LogP contribution in [0.1, 0.15) is 36.3 Å². The Morgan fingerprint density at radius 2 is 2.00 bits per heavy atom. The van der Waals surface area contributed by atoms with E-state index >= 15 is 0 Å². The standard InChI is InChI=1S/C21H22Cl2N2/c22-15-4-5-19(23)16(11-15)14-9-13-3-1-2-8-25-20-6-7-24-12-18(20)17(10-14)21(13)25/h4-5,9-11,18,20,24H,1-3,6-8,12H2/t18-,20-/m0/s1. The third kappa shape index (κ3) is 2.58. The van der Waals surface area contributed by atoms with Crippen molar-refractivity contribution in [2.45, 2.75) is 37.6 Å². The molecule has 0 saturated carbocycles. The molecule has 3 aliphatic rings. The van der Waals surface area contributed by atoms with Crippen LogP contribution in [0.15, 0.2) is 30.3 Å². The van der Waals surface area contributed by atoms with E-state index in [-0.39, 0.29) is 0 Å². The number of rotatable bonds is 1. The van der Waals surface area contributed by atoms with Crippen LogP contribution in [0.25, 0.3) is 11.1 Å². The highest BCUT2D eigenvalue weighted by molar-refractivity contribution is 6.35. The van der Waals surface area contributed by atoms with Gasteiger partial charge in [0.2, 0.25) is 0 Å². The molecular formula is C21H22Cl2N2. The molecule has 1 fully saturated rings. The van der Waals surface area contributed by atoms with Crippen LogP contribution >= 0.6 is 23.2 Å². The zero-order valence-electron chi connectivity index (χ0n) is 14.2. The predicted octanol–water partition coefficient (Wildman–Crippen LogP) is 5.26. The first-order valence-corrected chi connectivity index (χ1v) is 10.1. The summed E-state index contributed by atoms with van der Waals surface area (Å²) >= 11 is 12.8. The van der Waals surface area contributed by atoms with Crippen LogP contribution in [0.2, 0.25) is 10.0 Å². The highest BCUT2D eigenvalue weighted by atomic mass is 35.5. The quantitative estimate of drug-likeness (QED) is 0.733. The number of hydrogen-bond acceptors (Lipinski definition) is 2. The van der Waals surface area contributed by atoms with E-state index in [0.717, 1.165) is 35.1 Å². The summed E-state index contributed by atoms with van der Waals surface area (Å²) in [6, 6.07) is 11.2. The lowest BCUT2D eigenvalue weighted by Gasteiger charge is -2.33. The van der Waals surface area contributed by atoms with Crippen molar-refractivity contribution >= 4 is 28.9 Å². The summed E-state index contributed by atoms with van der Waals surface area (Å²) in [4.78, 5) is 2.71. The fourth-order valence-corrected chi connectivity index (χ4v) is 5.39. The van der Waals surface area contributed by atoms with E-state index in [1.54, 1.807) is 0 Å². The Hall–Kier alpha value is -1.22. The van der Waals surface area contributed by atoms with Crippen molar-refractivity contribution in [3.05, 3.63) is 51.5 Å². The van der Waals surface area contributed by atoms with Crippen molar-refractivity contribution in [2.75, 3.05) is 24.5 Å². The summed E-state index contributed by atoms with van der Waals surface area (Å²) < 4.78 is 0. The number of fused-ring (bicyclic) bond motifs is 3. The highest BCUT2D eigenvalue weighted by Crippen LogP contribution is 2.49. The molecule has 130 valence electrons. The fourth-order valence-electron chi connectivity index (χ4n) is 4.99. The van der Waals surface area contributed by atoms with Gasteiger partial charge in [-0.1, -0.05) is 23.2 Å². The molecule has 2 aromatic carbocycles. The largest absolute Gasteiger partial charge is 0.367 e. The van der Waals surface area contributed by atoms with Crippen molar-refractivity contribution in [3.8, 4) is 11.1 Å². The number of anilines is 1. The first-order valence-electron chi connectivity index (χ1n) is 9.32. The fraction of sp³-hybridized carbons (Fsp3) is 0.429. The average Bonchev–Trinajstić information content (AvgIpc) is 2.79. The van der Waals surface area contributed by atoms with E-state index in [1.165, 1.54) is 48.2 Å². The zero-order valence-corrected chi connectivity index (χ0v) is 15.7. The Bertz CT molecular complexity index is 833. The third-order valence-corrected chi connectivity index (χ3v) is 6.65. The van der Waals surface area contributed by atoms with Crippen molar-refractivity contribution in [2.24, 2.45) is 0 Å². The number of benzene rings is 2. The molecule has 2 aromatic rings. The summed E-state index contributed by atoms with van der Waals surface area (Å²) in [5.41, 5.74) is 6.81. The molecule has 0 amide bonds. The minimum absolute atomic E-state index is 0.596. The van der Waals surface area contributed by atoms with E-state index in [9.17, 15) is 0 Å². The minimum atomic E-state index is 0.596. The van der Waals surface area contributed by atoms with Gasteiger partial charge < -0.3 is 10.2 Å². The summed E-state index contributed by atoms with van der Waals surface area (Å²) in [6.07, 6.45) is 4.97. The summed E-state index contributed by atoms with van der Waals surface area (Å²) in [6.45, 7) is 3.42. The van der Waals surface area contributed by atoms with E-state index < -0.39 is 0 Å². The van der Waals surface area contributed by atoms with Gasteiger partial charge in [0, 0.05) is 46.3 Å². The maximum atomic E-state index is 6.51. The molecule has 0 aromatic heterocycles. The third-order valence-electron chi connectivity index (χ3n) is 6.09. The van der Waals surface area contributed by atoms with Crippen molar-refractivity contribution in [1.82, 2.24) is 5.32 Å². The van der Waals surface area contributed by atoms with Gasteiger partial charge in [0.05, 0.1) is 0 Å². The number of piperidine rings is 1. The lowest BCUT2D eigenvalue weighted by atomic mass is 9.87. The van der Waals surface area contributed by atoms with Gasteiger partial charge in [0.1, 0.15) is 0 Å². The van der Waals surface area contributed by atoms with Crippen LogP contribution in [0.4, 0.5) is 5.69 Å². The monoisotopic (exact) mass is 372 g/mol. The Kier molecular flexibility index (Phi) is 3.96. The molecule has 2 atom stereocenters. The van der Waals surface area contributed by atoms with Gasteiger partial charge in [-0.15, -0.1) is 0 Å². The van der Waals surface area contributed by atoms with Gasteiger partial charge >= 0.3 is 0 Å². The summed E-state index contributed by atoms with van der Waals surface area (Å²) in [5, 5.41) is 5.12. The number of nitrogens with one attached hydrogen (secondary N) is 1. The molecule has 0 radical (unpaired) electrons. The van der Waals surface area contributed by atoms with Gasteiger partial charge in [-0.2, -0.15) is 0 Å². The Morgan fingerprint density at radius 1 is 1.08 bits per heavy atom. The van der Waals surface area contributed by atoms with Gasteiger partial charge in [0.15, 0.2) is 0 Å². The van der Waals surface area contributed by atoms with Gasteiger partial charge in [-0.05, 0) is 79.3 Å². The molecule has 0 spiro atoms. The SMILES string of the molecule is Clc1ccc(Cl)c(-c2cc3c4c(c2)[C@@H]2CNCC[C@@H]2N4CCCC3)c1. The molecule has 4 heteroatoms. The molecule has 3 heterocycles. The maximum absolute atomic E-state index is 6.51. The van der Waals surface area contributed by atoms with Crippen molar-refractivity contribution < 1.29 is 0 Å². The van der Waals surface area contributed by atoms with Crippen LogP contribution < -0.4 is 10.2 Å². The summed E-state index contributed by atoms with van der Waals surface area (Å²) in [7, 11) is 0. The van der Waals surface area contributed by atoms with Crippen molar-refractivity contribution in [3.63, 3.8) is 0 Å². The second-order valence-corrected chi connectivity index (χ2v) is 8.36. The van der Waals surface area contributed by atoms with Crippen LogP contribution in [0, 0.1) is 0 Å². The highest BCUT2D eigenvalue weighted by Gasteiger charge is 2.41. The first-order chi connectivity index (χ1) is 12.2. The number of nitrogens with zero attached hydrogens (tertiary/aromatic N) is 1. The summed E-state index contributed by atoms with van der Waals surface area (Å²) in [5.74, 6) is 0.596. The molecule has 3 aliphatic heterocycles. The van der Waals surface area contributed by atoms with E-state index in [1.807, 2.05) is 18.2 Å². The number of aryl methyl sites for hydroxylation is 1. The Labute approximate surface area is 159 Å². The first kappa shape index (κ1) is 16.0. The molecule has 0 bridgehead atoms. The van der Waals surface area contributed by atoms with E-state index in [2.05, 4.69) is 22.3 Å². The molecule has 1 N–H and O–H groups in total. The topological polar surface area (TPSA) is 15.3 Å². The van der Waals surface area contributed by atoms with Crippen LogP contribution in [-0.2, 0) is 6.42 Å². The lowest BCUT2D eigenvalue weighted by Crippen LogP contribution is -2.44. The zero-order chi connectivity index (χ0) is 17.0. The predicted molar refractivity (Wildman–Crippen MR) is 106 cm³/mol. The molecule has 2 nitrogen and oxygen atoms in total. The van der Waals surface area contributed by atoms with Gasteiger partial charge in [-0.25, -0.2) is 0 Å². The Balaban J connectivity index is 1.70. The average molecular weight is 373 g/mol. The smallest absolute Gasteiger partial charge is 0.0485 e. The molecular weight excluding hydrogens is 351 g/mol. The van der Waals surface area contributed by atoms with E-state index in [4.69, 9.17) is 23.2 Å². The van der Waals surface area contributed by atoms with Gasteiger partial charge in [-0.3, -0.25) is 0 Å². The molecule has 0 aliphatic carbocycles. The van der Waals surface area contributed by atoms with Gasteiger partial charge in [0.25, 0.3) is 0 Å². The minimum Gasteiger partial charge on any atom is -0.367 e. The molecule has 25 heavy (non-hydrogen) atoms. The van der Waals surface area contributed by atoms with Crippen LogP contribution in [0.3, 0.4) is 0 Å². The van der Waals surface area contributed by atoms with Crippen LogP contribution in [-0.4, -0.2) is 25.7 Å². The van der Waals surface area contributed by atoms with E-state index in [0.29, 0.717) is 12.0 Å². The second kappa shape index (κ2) is 6.19. The van der Waals surface area contributed by atoms with Crippen molar-refractivity contribution in [1.29, 1.82) is 0 Å². The molecule has 1 saturated heterocycles. The molecule has 5 rings (SSSR count). The number of halogens is 2. The maximum Gasteiger partial charge on any atom is 0.0485 e. The normalized spacial score (nSPS) is 24.6. The lowest BCUT2D eigenvalue weighted by molar-refractivity contribution is 0.401.